The van der Waals surface area contributed by atoms with Crippen LogP contribution in [0.1, 0.15) is 35.2 Å². The molecule has 0 saturated heterocycles. The fourth-order valence-electron chi connectivity index (χ4n) is 3.47. The second-order valence-corrected chi connectivity index (χ2v) is 7.20. The van der Waals surface area contributed by atoms with Crippen molar-refractivity contribution in [2.24, 2.45) is 0 Å². The Bertz CT molecular complexity index is 1040. The van der Waals surface area contributed by atoms with Crippen LogP contribution in [0.25, 0.3) is 11.0 Å². The van der Waals surface area contributed by atoms with Gasteiger partial charge in [0.25, 0.3) is 0 Å². The highest BCUT2D eigenvalue weighted by molar-refractivity contribution is 6.33. The number of rotatable bonds is 2. The van der Waals surface area contributed by atoms with Crippen molar-refractivity contribution in [1.82, 2.24) is 4.90 Å². The maximum atomic E-state index is 12.2. The Morgan fingerprint density at radius 2 is 1.88 bits per heavy atom. The summed E-state index contributed by atoms with van der Waals surface area (Å²) in [6, 6.07) is 12.3. The molecule has 0 unspecified atom stereocenters. The number of benzene rings is 2. The van der Waals surface area contributed by atoms with Crippen molar-refractivity contribution in [2.45, 2.75) is 33.4 Å². The van der Waals surface area contributed by atoms with Crippen LogP contribution >= 0.6 is 11.6 Å². The zero-order valence-corrected chi connectivity index (χ0v) is 15.8. The number of hydrogen-bond donors (Lipinski definition) is 0. The third-order valence-electron chi connectivity index (χ3n) is 5.31. The summed E-state index contributed by atoms with van der Waals surface area (Å²) in [5.74, 6) is 0.613. The normalized spacial score (nSPS) is 15.5. The van der Waals surface area contributed by atoms with E-state index in [0.29, 0.717) is 35.2 Å². The van der Waals surface area contributed by atoms with Crippen LogP contribution in [0, 0.1) is 13.8 Å². The summed E-state index contributed by atoms with van der Waals surface area (Å²) in [6.07, 6.45) is 0. The molecule has 0 radical (unpaired) electrons. The molecule has 3 aromatic rings. The minimum Gasteiger partial charge on any atom is -0.476 e. The Kier molecular flexibility index (Phi) is 4.25. The van der Waals surface area contributed by atoms with Crippen LogP contribution in [0.15, 0.2) is 45.6 Å². The van der Waals surface area contributed by atoms with Gasteiger partial charge >= 0.3 is 5.63 Å². The van der Waals surface area contributed by atoms with Crippen molar-refractivity contribution < 1.29 is 9.15 Å². The molecule has 0 amide bonds. The third-order valence-corrected chi connectivity index (χ3v) is 5.59. The molecule has 26 heavy (non-hydrogen) atoms. The van der Waals surface area contributed by atoms with Gasteiger partial charge in [-0.05, 0) is 38.0 Å². The lowest BCUT2D eigenvalue weighted by Crippen LogP contribution is -2.34. The first-order valence-corrected chi connectivity index (χ1v) is 9.02. The largest absolute Gasteiger partial charge is 0.476 e. The summed E-state index contributed by atoms with van der Waals surface area (Å²) in [7, 11) is 0. The Morgan fingerprint density at radius 3 is 2.62 bits per heavy atom. The molecule has 4 rings (SSSR count). The van der Waals surface area contributed by atoms with Crippen molar-refractivity contribution in [3.05, 3.63) is 74.1 Å². The van der Waals surface area contributed by atoms with E-state index in [0.717, 1.165) is 16.5 Å². The molecule has 134 valence electrons. The molecular weight excluding hydrogens is 350 g/mol. The number of nitrogens with zero attached hydrogens (tertiary/aromatic N) is 1. The van der Waals surface area contributed by atoms with Gasteiger partial charge in [-0.2, -0.15) is 0 Å². The van der Waals surface area contributed by atoms with Gasteiger partial charge in [-0.3, -0.25) is 4.90 Å². The monoisotopic (exact) mass is 369 g/mol. The van der Waals surface area contributed by atoms with E-state index in [1.54, 1.807) is 6.92 Å². The molecule has 2 aromatic carbocycles. The van der Waals surface area contributed by atoms with E-state index < -0.39 is 0 Å². The van der Waals surface area contributed by atoms with Crippen molar-refractivity contribution in [3.8, 4) is 5.75 Å². The zero-order chi connectivity index (χ0) is 18.4. The standard InChI is InChI=1S/C21H20ClNO3/c1-12-13(2)21(24)26-19-16(12)9-18(22)20-17(19)10-23(11-25-20)14(3)15-7-5-4-6-8-15/h4-9,14H,10-11H2,1-3H3/t14-/m0/s1. The zero-order valence-electron chi connectivity index (χ0n) is 15.0. The maximum Gasteiger partial charge on any atom is 0.339 e. The van der Waals surface area contributed by atoms with Gasteiger partial charge in [0.05, 0.1) is 10.6 Å². The van der Waals surface area contributed by atoms with Crippen LogP contribution in [0.3, 0.4) is 0 Å². The lowest BCUT2D eigenvalue weighted by atomic mass is 10.0. The van der Waals surface area contributed by atoms with E-state index in [9.17, 15) is 4.79 Å². The van der Waals surface area contributed by atoms with E-state index in [4.69, 9.17) is 20.8 Å². The van der Waals surface area contributed by atoms with Crippen molar-refractivity contribution in [1.29, 1.82) is 0 Å². The van der Waals surface area contributed by atoms with Crippen molar-refractivity contribution in [3.63, 3.8) is 0 Å². The molecule has 5 heteroatoms. The van der Waals surface area contributed by atoms with Crippen molar-refractivity contribution >= 4 is 22.6 Å². The van der Waals surface area contributed by atoms with Crippen LogP contribution in [-0.4, -0.2) is 11.6 Å². The van der Waals surface area contributed by atoms with Gasteiger partial charge in [-0.1, -0.05) is 41.9 Å². The third kappa shape index (κ3) is 2.70. The first-order valence-electron chi connectivity index (χ1n) is 8.64. The summed E-state index contributed by atoms with van der Waals surface area (Å²) >= 11 is 6.47. The number of aryl methyl sites for hydroxylation is 1. The molecule has 0 bridgehead atoms. The molecule has 4 nitrogen and oxygen atoms in total. The maximum absolute atomic E-state index is 12.2. The lowest BCUT2D eigenvalue weighted by Gasteiger charge is -2.34. The summed E-state index contributed by atoms with van der Waals surface area (Å²) < 4.78 is 11.6. The van der Waals surface area contributed by atoms with Gasteiger partial charge in [0.1, 0.15) is 18.1 Å². The van der Waals surface area contributed by atoms with Gasteiger partial charge < -0.3 is 9.15 Å². The van der Waals surface area contributed by atoms with Crippen LogP contribution in [0.2, 0.25) is 5.02 Å². The molecule has 0 saturated carbocycles. The number of halogens is 1. The van der Waals surface area contributed by atoms with Gasteiger partial charge in [0, 0.05) is 23.5 Å². The molecule has 0 spiro atoms. The van der Waals surface area contributed by atoms with Gasteiger partial charge in [-0.15, -0.1) is 0 Å². The lowest BCUT2D eigenvalue weighted by molar-refractivity contribution is 0.0621. The molecule has 1 aliphatic rings. The molecular formula is C21H20ClNO3. The predicted octanol–water partition coefficient (Wildman–Crippen LogP) is 4.98. The molecule has 0 N–H and O–H groups in total. The summed E-state index contributed by atoms with van der Waals surface area (Å²) in [5.41, 5.74) is 3.81. The predicted molar refractivity (Wildman–Crippen MR) is 103 cm³/mol. The SMILES string of the molecule is Cc1c(C)c2cc(Cl)c3c(c2oc1=O)CN([C@@H](C)c1ccccc1)CO3. The van der Waals surface area contributed by atoms with E-state index in [-0.39, 0.29) is 11.7 Å². The Morgan fingerprint density at radius 1 is 1.15 bits per heavy atom. The first-order chi connectivity index (χ1) is 12.5. The molecule has 1 aliphatic heterocycles. The molecule has 2 heterocycles. The highest BCUT2D eigenvalue weighted by Gasteiger charge is 2.28. The minimum absolute atomic E-state index is 0.164. The second kappa shape index (κ2) is 6.45. The molecule has 0 aliphatic carbocycles. The smallest absolute Gasteiger partial charge is 0.339 e. The van der Waals surface area contributed by atoms with Gasteiger partial charge in [-0.25, -0.2) is 4.79 Å². The molecule has 0 fully saturated rings. The number of hydrogen-bond acceptors (Lipinski definition) is 4. The topological polar surface area (TPSA) is 42.7 Å². The molecule has 1 atom stereocenters. The van der Waals surface area contributed by atoms with Crippen LogP contribution in [-0.2, 0) is 6.54 Å². The Labute approximate surface area is 156 Å². The first kappa shape index (κ1) is 17.1. The average Bonchev–Trinajstić information content (AvgIpc) is 2.67. The molecule has 1 aromatic heterocycles. The summed E-state index contributed by atoms with van der Waals surface area (Å²) in [4.78, 5) is 14.4. The number of fused-ring (bicyclic) bond motifs is 3. The summed E-state index contributed by atoms with van der Waals surface area (Å²) in [5, 5.41) is 1.42. The fraction of sp³-hybridized carbons (Fsp3) is 0.286. The van der Waals surface area contributed by atoms with E-state index in [1.807, 2.05) is 31.2 Å². The highest BCUT2D eigenvalue weighted by Crippen LogP contribution is 2.41. The van der Waals surface area contributed by atoms with Gasteiger partial charge in [0.15, 0.2) is 0 Å². The second-order valence-electron chi connectivity index (χ2n) is 6.79. The summed E-state index contributed by atoms with van der Waals surface area (Å²) in [6.45, 7) is 6.87. The fourth-order valence-corrected chi connectivity index (χ4v) is 3.75. The van der Waals surface area contributed by atoms with Crippen LogP contribution in [0.5, 0.6) is 5.75 Å². The van der Waals surface area contributed by atoms with Crippen molar-refractivity contribution in [2.75, 3.05) is 6.73 Å². The van der Waals surface area contributed by atoms with E-state index in [1.165, 1.54) is 5.56 Å². The van der Waals surface area contributed by atoms with E-state index in [2.05, 4.69) is 24.0 Å². The quantitative estimate of drug-likeness (QED) is 0.598. The van der Waals surface area contributed by atoms with E-state index >= 15 is 0 Å². The average molecular weight is 370 g/mol. The highest BCUT2D eigenvalue weighted by atomic mass is 35.5. The Balaban J connectivity index is 1.83. The van der Waals surface area contributed by atoms with Gasteiger partial charge in [0.2, 0.25) is 0 Å². The van der Waals surface area contributed by atoms with Crippen LogP contribution in [0.4, 0.5) is 0 Å². The number of ether oxygens (including phenoxy) is 1. The Hall–Kier alpha value is -2.30. The minimum atomic E-state index is -0.312. The van der Waals surface area contributed by atoms with Crippen LogP contribution < -0.4 is 10.4 Å².